The van der Waals surface area contributed by atoms with Gasteiger partial charge in [0.1, 0.15) is 0 Å². The van der Waals surface area contributed by atoms with Gasteiger partial charge in [0.15, 0.2) is 0 Å². The van der Waals surface area contributed by atoms with Crippen molar-refractivity contribution in [3.05, 3.63) is 29.3 Å². The van der Waals surface area contributed by atoms with Crippen LogP contribution >= 0.6 is 11.6 Å². The fraction of sp³-hybridized carbons (Fsp3) is 0.529. The van der Waals surface area contributed by atoms with Gasteiger partial charge in [-0.2, -0.15) is 0 Å². The van der Waals surface area contributed by atoms with E-state index in [0.717, 1.165) is 32.5 Å². The van der Waals surface area contributed by atoms with E-state index >= 15 is 0 Å². The van der Waals surface area contributed by atoms with Crippen molar-refractivity contribution in [2.24, 2.45) is 5.92 Å². The van der Waals surface area contributed by atoms with Crippen LogP contribution in [0.4, 0.5) is 5.69 Å². The third kappa shape index (κ3) is 5.52. The number of hydrogen-bond acceptors (Lipinski definition) is 3. The van der Waals surface area contributed by atoms with Crippen LogP contribution in [0, 0.1) is 5.92 Å². The monoisotopic (exact) mass is 339 g/mol. The molecular formula is C17H24ClN2O3+. The first-order valence-electron chi connectivity index (χ1n) is 8.14. The first-order valence-corrected chi connectivity index (χ1v) is 8.52. The lowest BCUT2D eigenvalue weighted by Crippen LogP contribution is -3.13. The number of ether oxygens (including phenoxy) is 1. The fourth-order valence-electron chi connectivity index (χ4n) is 2.84. The number of nitrogens with one attached hydrogen (secondary N) is 2. The second kappa shape index (κ2) is 8.89. The number of quaternary nitrogens is 1. The summed E-state index contributed by atoms with van der Waals surface area (Å²) in [5.41, 5.74) is 0.648. The zero-order chi connectivity index (χ0) is 16.7. The highest BCUT2D eigenvalue weighted by Crippen LogP contribution is 2.20. The molecule has 0 spiro atoms. The van der Waals surface area contributed by atoms with E-state index in [9.17, 15) is 9.59 Å². The molecular weight excluding hydrogens is 316 g/mol. The summed E-state index contributed by atoms with van der Waals surface area (Å²) in [5.74, 6) is -0.0863. The molecule has 1 aliphatic heterocycles. The van der Waals surface area contributed by atoms with Crippen LogP contribution in [0.15, 0.2) is 24.3 Å². The van der Waals surface area contributed by atoms with Gasteiger partial charge in [-0.1, -0.05) is 23.7 Å². The minimum absolute atomic E-state index is 0.0238. The van der Waals surface area contributed by atoms with Crippen LogP contribution in [0.2, 0.25) is 5.02 Å². The molecule has 1 aliphatic rings. The minimum Gasteiger partial charge on any atom is -0.466 e. The largest absolute Gasteiger partial charge is 0.466 e. The SMILES string of the molecule is CCOC(=O)C1CC[NH+](CCC(=O)Nc2ccccc2Cl)CC1. The van der Waals surface area contributed by atoms with Gasteiger partial charge in [-0.3, -0.25) is 9.59 Å². The smallest absolute Gasteiger partial charge is 0.309 e. The van der Waals surface area contributed by atoms with E-state index < -0.39 is 0 Å². The van der Waals surface area contributed by atoms with Crippen LogP contribution < -0.4 is 10.2 Å². The maximum absolute atomic E-state index is 12.0. The van der Waals surface area contributed by atoms with Crippen LogP contribution in [0.25, 0.3) is 0 Å². The molecule has 2 N–H and O–H groups in total. The summed E-state index contributed by atoms with van der Waals surface area (Å²) in [6, 6.07) is 7.21. The summed E-state index contributed by atoms with van der Waals surface area (Å²) < 4.78 is 5.07. The molecule has 0 unspecified atom stereocenters. The highest BCUT2D eigenvalue weighted by Gasteiger charge is 2.28. The van der Waals surface area contributed by atoms with Gasteiger partial charge in [0, 0.05) is 12.8 Å². The number of piperidine rings is 1. The lowest BCUT2D eigenvalue weighted by Gasteiger charge is -2.27. The van der Waals surface area contributed by atoms with Gasteiger partial charge in [-0.25, -0.2) is 0 Å². The molecule has 0 aromatic heterocycles. The molecule has 2 rings (SSSR count). The van der Waals surface area contributed by atoms with Crippen LogP contribution in [0.5, 0.6) is 0 Å². The second-order valence-corrected chi connectivity index (χ2v) is 6.21. The van der Waals surface area contributed by atoms with E-state index in [-0.39, 0.29) is 17.8 Å². The Kier molecular flexibility index (Phi) is 6.86. The lowest BCUT2D eigenvalue weighted by molar-refractivity contribution is -0.905. The minimum atomic E-state index is -0.0805. The molecule has 1 saturated heterocycles. The molecule has 0 aliphatic carbocycles. The van der Waals surface area contributed by atoms with Gasteiger partial charge in [-0.15, -0.1) is 0 Å². The molecule has 126 valence electrons. The molecule has 0 radical (unpaired) electrons. The number of halogens is 1. The van der Waals surface area contributed by atoms with Gasteiger partial charge in [-0.05, 0) is 19.1 Å². The van der Waals surface area contributed by atoms with E-state index in [1.54, 1.807) is 12.1 Å². The first kappa shape index (κ1) is 17.8. The molecule has 6 heteroatoms. The van der Waals surface area contributed by atoms with Crippen molar-refractivity contribution < 1.29 is 19.2 Å². The van der Waals surface area contributed by atoms with Gasteiger partial charge in [0.2, 0.25) is 5.91 Å². The van der Waals surface area contributed by atoms with Crippen LogP contribution in [-0.2, 0) is 14.3 Å². The standard InChI is InChI=1S/C17H23ClN2O3/c1-2-23-17(22)13-7-10-20(11-8-13)12-9-16(21)19-15-6-4-3-5-14(15)18/h3-6,13H,2,7-12H2,1H3,(H,19,21)/p+1. The van der Waals surface area contributed by atoms with Gasteiger partial charge in [0.25, 0.3) is 0 Å². The van der Waals surface area contributed by atoms with Crippen molar-refractivity contribution in [1.29, 1.82) is 0 Å². The van der Waals surface area contributed by atoms with Crippen molar-refractivity contribution in [2.45, 2.75) is 26.2 Å². The molecule has 1 aromatic rings. The molecule has 0 saturated carbocycles. The van der Waals surface area contributed by atoms with Gasteiger partial charge in [0.05, 0.1) is 49.3 Å². The number of carbonyl (C=O) groups is 2. The number of likely N-dealkylation sites (tertiary alicyclic amines) is 1. The van der Waals surface area contributed by atoms with Gasteiger partial charge < -0.3 is 15.0 Å². The number of anilines is 1. The number of carbonyl (C=O) groups excluding carboxylic acids is 2. The van der Waals surface area contributed by atoms with Gasteiger partial charge >= 0.3 is 5.97 Å². The Morgan fingerprint density at radius 3 is 2.65 bits per heavy atom. The van der Waals surface area contributed by atoms with Crippen molar-refractivity contribution in [2.75, 3.05) is 31.6 Å². The zero-order valence-corrected chi connectivity index (χ0v) is 14.2. The number of benzene rings is 1. The molecule has 0 atom stereocenters. The fourth-order valence-corrected chi connectivity index (χ4v) is 3.02. The van der Waals surface area contributed by atoms with Crippen LogP contribution in [-0.4, -0.2) is 38.1 Å². The molecule has 1 fully saturated rings. The third-order valence-corrected chi connectivity index (χ3v) is 4.50. The summed E-state index contributed by atoms with van der Waals surface area (Å²) in [6.07, 6.45) is 2.12. The highest BCUT2D eigenvalue weighted by molar-refractivity contribution is 6.33. The summed E-state index contributed by atoms with van der Waals surface area (Å²) in [6.45, 7) is 4.85. The summed E-state index contributed by atoms with van der Waals surface area (Å²) >= 11 is 6.02. The molecule has 1 heterocycles. The average molecular weight is 340 g/mol. The second-order valence-electron chi connectivity index (χ2n) is 5.80. The Morgan fingerprint density at radius 2 is 2.00 bits per heavy atom. The van der Waals surface area contributed by atoms with Crippen molar-refractivity contribution >= 4 is 29.2 Å². The van der Waals surface area contributed by atoms with Crippen molar-refractivity contribution in [1.82, 2.24) is 0 Å². The van der Waals surface area contributed by atoms with E-state index in [4.69, 9.17) is 16.3 Å². The van der Waals surface area contributed by atoms with Crippen LogP contribution in [0.3, 0.4) is 0 Å². The predicted molar refractivity (Wildman–Crippen MR) is 89.6 cm³/mol. The predicted octanol–water partition coefficient (Wildman–Crippen LogP) is 1.53. The van der Waals surface area contributed by atoms with Crippen molar-refractivity contribution in [3.63, 3.8) is 0 Å². The van der Waals surface area contributed by atoms with E-state index in [1.165, 1.54) is 4.90 Å². The van der Waals surface area contributed by atoms with E-state index in [1.807, 2.05) is 19.1 Å². The molecule has 1 amide bonds. The Labute approximate surface area is 141 Å². The maximum atomic E-state index is 12.0. The maximum Gasteiger partial charge on any atom is 0.309 e. The molecule has 5 nitrogen and oxygen atoms in total. The first-order chi connectivity index (χ1) is 11.1. The Morgan fingerprint density at radius 1 is 1.30 bits per heavy atom. The van der Waals surface area contributed by atoms with Crippen molar-refractivity contribution in [3.8, 4) is 0 Å². The van der Waals surface area contributed by atoms with E-state index in [0.29, 0.717) is 23.7 Å². The average Bonchev–Trinajstić information content (AvgIpc) is 2.56. The third-order valence-electron chi connectivity index (χ3n) is 4.17. The number of hydrogen-bond donors (Lipinski definition) is 2. The normalized spacial score (nSPS) is 20.8. The topological polar surface area (TPSA) is 59.8 Å². The molecule has 1 aromatic carbocycles. The molecule has 23 heavy (non-hydrogen) atoms. The zero-order valence-electron chi connectivity index (χ0n) is 13.4. The highest BCUT2D eigenvalue weighted by atomic mass is 35.5. The summed E-state index contributed by atoms with van der Waals surface area (Å²) in [5, 5.41) is 3.38. The number of rotatable bonds is 6. The summed E-state index contributed by atoms with van der Waals surface area (Å²) in [7, 11) is 0. The summed E-state index contributed by atoms with van der Waals surface area (Å²) in [4.78, 5) is 25.1. The molecule has 0 bridgehead atoms. The quantitative estimate of drug-likeness (QED) is 0.773. The Balaban J connectivity index is 1.70. The number of amides is 1. The Hall–Kier alpha value is -1.59. The number of para-hydroxylation sites is 1. The Bertz CT molecular complexity index is 542. The lowest BCUT2D eigenvalue weighted by atomic mass is 9.97. The van der Waals surface area contributed by atoms with Crippen LogP contribution in [0.1, 0.15) is 26.2 Å². The number of esters is 1. The van der Waals surface area contributed by atoms with E-state index in [2.05, 4.69) is 5.32 Å².